The van der Waals surface area contributed by atoms with Crippen LogP contribution in [0.3, 0.4) is 0 Å². The third kappa shape index (κ3) is 4.36. The molecule has 8 nitrogen and oxygen atoms in total. The average molecular weight is 526 g/mol. The fraction of sp³-hybridized carbons (Fsp3) is 0.269. The van der Waals surface area contributed by atoms with E-state index in [2.05, 4.69) is 15.2 Å². The van der Waals surface area contributed by atoms with Crippen LogP contribution in [0, 0.1) is 0 Å². The lowest BCUT2D eigenvalue weighted by molar-refractivity contribution is 0.0873. The summed E-state index contributed by atoms with van der Waals surface area (Å²) in [5, 5.41) is 12.2. The quantitative estimate of drug-likeness (QED) is 0.332. The van der Waals surface area contributed by atoms with Gasteiger partial charge in [0, 0.05) is 30.3 Å². The van der Waals surface area contributed by atoms with Crippen LogP contribution in [0.2, 0.25) is 10.0 Å². The van der Waals surface area contributed by atoms with Crippen LogP contribution in [0.25, 0.3) is 22.3 Å². The number of pyridine rings is 1. The first kappa shape index (κ1) is 24.4. The fourth-order valence-electron chi connectivity index (χ4n) is 4.50. The molecule has 4 aromatic rings. The molecule has 0 aliphatic carbocycles. The van der Waals surface area contributed by atoms with Crippen LogP contribution in [0.1, 0.15) is 29.6 Å². The molecule has 3 heterocycles. The number of nitrogens with one attached hydrogen (secondary N) is 1. The van der Waals surface area contributed by atoms with Gasteiger partial charge in [-0.15, -0.1) is 0 Å². The zero-order chi connectivity index (χ0) is 25.2. The Labute approximate surface area is 218 Å². The molecule has 0 atom stereocenters. The number of aromatic nitrogens is 3. The van der Waals surface area contributed by atoms with Crippen LogP contribution in [-0.2, 0) is 0 Å². The molecule has 1 fully saturated rings. The summed E-state index contributed by atoms with van der Waals surface area (Å²) in [4.78, 5) is 18.7. The molecule has 2 aromatic carbocycles. The molecule has 1 amide bonds. The van der Waals surface area contributed by atoms with E-state index in [9.17, 15) is 4.79 Å². The minimum absolute atomic E-state index is 0.141. The van der Waals surface area contributed by atoms with E-state index in [4.69, 9.17) is 37.7 Å². The van der Waals surface area contributed by atoms with Gasteiger partial charge in [-0.3, -0.25) is 9.89 Å². The average Bonchev–Trinajstić information content (AvgIpc) is 3.39. The Morgan fingerprint density at radius 3 is 2.31 bits per heavy atom. The predicted octanol–water partition coefficient (Wildman–Crippen LogP) is 6.00. The van der Waals surface area contributed by atoms with Crippen molar-refractivity contribution >= 4 is 45.8 Å². The summed E-state index contributed by atoms with van der Waals surface area (Å²) in [6.45, 7) is 1.51. The molecule has 1 aliphatic heterocycles. The highest BCUT2D eigenvalue weighted by molar-refractivity contribution is 6.41. The van der Waals surface area contributed by atoms with Gasteiger partial charge in [0.2, 0.25) is 0 Å². The molecular weight excluding hydrogens is 501 g/mol. The van der Waals surface area contributed by atoms with E-state index in [1.807, 2.05) is 36.4 Å². The highest BCUT2D eigenvalue weighted by Crippen LogP contribution is 2.46. The molecule has 10 heteroatoms. The summed E-state index contributed by atoms with van der Waals surface area (Å²) < 4.78 is 10.9. The molecule has 1 N–H and O–H groups in total. The van der Waals surface area contributed by atoms with Crippen LogP contribution in [-0.4, -0.2) is 53.4 Å². The second-order valence-electron chi connectivity index (χ2n) is 8.44. The molecule has 0 bridgehead atoms. The monoisotopic (exact) mass is 525 g/mol. The normalized spacial score (nSPS) is 14.1. The van der Waals surface area contributed by atoms with Gasteiger partial charge in [0.1, 0.15) is 11.5 Å². The van der Waals surface area contributed by atoms with Crippen molar-refractivity contribution in [2.75, 3.05) is 32.3 Å². The number of aromatic amines is 1. The zero-order valence-corrected chi connectivity index (χ0v) is 21.4. The van der Waals surface area contributed by atoms with Gasteiger partial charge in [-0.1, -0.05) is 47.8 Å². The van der Waals surface area contributed by atoms with Gasteiger partial charge in [0.25, 0.3) is 5.91 Å². The van der Waals surface area contributed by atoms with Crippen molar-refractivity contribution in [3.8, 4) is 22.8 Å². The maximum Gasteiger partial charge on any atom is 0.272 e. The number of hydrogen-bond donors (Lipinski definition) is 1. The maximum atomic E-state index is 13.9. The van der Waals surface area contributed by atoms with Gasteiger partial charge >= 0.3 is 0 Å². The molecule has 186 valence electrons. The molecule has 1 saturated heterocycles. The van der Waals surface area contributed by atoms with E-state index in [0.717, 1.165) is 32.4 Å². The number of amides is 1. The molecule has 1 aliphatic rings. The van der Waals surface area contributed by atoms with E-state index >= 15 is 0 Å². The van der Waals surface area contributed by atoms with Gasteiger partial charge in [-0.05, 0) is 31.0 Å². The standard InChI is InChI=1S/C26H25Cl2N5O3/c1-35-20-14-21(36-2)24(28)22(23(20)27)18-13-19(17-15-29-31-25(17)30-18)33(32-11-7-4-8-12-32)26(34)16-9-5-3-6-10-16/h3,5-6,9-10,13-15H,4,7-8,11-12H2,1-2H3,(H,29,30,31). The Morgan fingerprint density at radius 2 is 1.67 bits per heavy atom. The summed E-state index contributed by atoms with van der Waals surface area (Å²) in [6, 6.07) is 12.7. The third-order valence-corrected chi connectivity index (χ3v) is 7.04. The van der Waals surface area contributed by atoms with Gasteiger partial charge in [0.05, 0.1) is 47.2 Å². The SMILES string of the molecule is COc1cc(OC)c(Cl)c(-c2cc(N(C(=O)c3ccccc3)N3CCCCC3)c3cn[nH]c3n2)c1Cl. The number of halogens is 2. The van der Waals surface area contributed by atoms with Gasteiger partial charge < -0.3 is 9.47 Å². The Balaban J connectivity index is 1.75. The second-order valence-corrected chi connectivity index (χ2v) is 9.20. The molecule has 0 radical (unpaired) electrons. The van der Waals surface area contributed by atoms with E-state index in [1.54, 1.807) is 17.3 Å². The molecule has 5 rings (SSSR count). The number of carbonyl (C=O) groups is 1. The van der Waals surface area contributed by atoms with Crippen LogP contribution < -0.4 is 14.5 Å². The minimum atomic E-state index is -0.141. The van der Waals surface area contributed by atoms with Crippen molar-refractivity contribution in [3.63, 3.8) is 0 Å². The van der Waals surface area contributed by atoms with E-state index in [1.165, 1.54) is 14.2 Å². The van der Waals surface area contributed by atoms with Crippen LogP contribution in [0.4, 0.5) is 5.69 Å². The topological polar surface area (TPSA) is 83.6 Å². The summed E-state index contributed by atoms with van der Waals surface area (Å²) in [6.07, 6.45) is 4.79. The molecule has 36 heavy (non-hydrogen) atoms. The van der Waals surface area contributed by atoms with Crippen LogP contribution >= 0.6 is 23.2 Å². The number of hydrazine groups is 1. The van der Waals surface area contributed by atoms with Crippen LogP contribution in [0.5, 0.6) is 11.5 Å². The molecule has 0 saturated carbocycles. The summed E-state index contributed by atoms with van der Waals surface area (Å²) in [5.74, 6) is 0.654. The van der Waals surface area contributed by atoms with Crippen LogP contribution in [0.15, 0.2) is 48.7 Å². The van der Waals surface area contributed by atoms with Crippen molar-refractivity contribution in [1.82, 2.24) is 20.2 Å². The zero-order valence-electron chi connectivity index (χ0n) is 19.9. The number of piperidine rings is 1. The Bertz CT molecular complexity index is 1380. The number of nitrogens with zero attached hydrogens (tertiary/aromatic N) is 4. The number of carbonyl (C=O) groups excluding carboxylic acids is 1. The first-order valence-electron chi connectivity index (χ1n) is 11.6. The van der Waals surface area contributed by atoms with E-state index in [-0.39, 0.29) is 5.91 Å². The number of benzene rings is 2. The second kappa shape index (κ2) is 10.3. The number of rotatable bonds is 6. The van der Waals surface area contributed by atoms with Crippen molar-refractivity contribution in [2.45, 2.75) is 19.3 Å². The van der Waals surface area contributed by atoms with Gasteiger partial charge in [-0.25, -0.2) is 15.0 Å². The lowest BCUT2D eigenvalue weighted by Gasteiger charge is -2.37. The Hall–Kier alpha value is -3.33. The van der Waals surface area contributed by atoms with Crippen molar-refractivity contribution in [2.24, 2.45) is 0 Å². The largest absolute Gasteiger partial charge is 0.495 e. The smallest absolute Gasteiger partial charge is 0.272 e. The maximum absolute atomic E-state index is 13.9. The van der Waals surface area contributed by atoms with E-state index < -0.39 is 0 Å². The minimum Gasteiger partial charge on any atom is -0.495 e. The lowest BCUT2D eigenvalue weighted by atomic mass is 10.1. The van der Waals surface area contributed by atoms with E-state index in [0.29, 0.717) is 55.1 Å². The number of hydrogen-bond acceptors (Lipinski definition) is 6. The predicted molar refractivity (Wildman–Crippen MR) is 141 cm³/mol. The van der Waals surface area contributed by atoms with Gasteiger partial charge in [0.15, 0.2) is 5.65 Å². The Kier molecular flexibility index (Phi) is 7.00. The summed E-state index contributed by atoms with van der Waals surface area (Å²) in [7, 11) is 3.04. The molecule has 0 spiro atoms. The lowest BCUT2D eigenvalue weighted by Crippen LogP contribution is -2.49. The fourth-order valence-corrected chi connectivity index (χ4v) is 5.19. The number of methoxy groups -OCH3 is 2. The number of fused-ring (bicyclic) bond motifs is 1. The molecular formula is C26H25Cl2N5O3. The highest BCUT2D eigenvalue weighted by atomic mass is 35.5. The highest BCUT2D eigenvalue weighted by Gasteiger charge is 2.30. The van der Waals surface area contributed by atoms with Gasteiger partial charge in [-0.2, -0.15) is 5.10 Å². The molecule has 0 unspecified atom stereocenters. The summed E-state index contributed by atoms with van der Waals surface area (Å²) in [5.41, 5.74) is 2.61. The Morgan fingerprint density at radius 1 is 1.00 bits per heavy atom. The number of ether oxygens (including phenoxy) is 2. The van der Waals surface area contributed by atoms with Crippen molar-refractivity contribution in [1.29, 1.82) is 0 Å². The van der Waals surface area contributed by atoms with Crippen molar-refractivity contribution in [3.05, 3.63) is 64.3 Å². The number of H-pyrrole nitrogens is 1. The first-order chi connectivity index (χ1) is 17.5. The number of anilines is 1. The third-order valence-electron chi connectivity index (χ3n) is 6.29. The summed E-state index contributed by atoms with van der Waals surface area (Å²) >= 11 is 13.4. The first-order valence-corrected chi connectivity index (χ1v) is 12.4. The molecule has 2 aromatic heterocycles. The van der Waals surface area contributed by atoms with Crippen molar-refractivity contribution < 1.29 is 14.3 Å².